The van der Waals surface area contributed by atoms with Gasteiger partial charge in [0.05, 0.1) is 12.8 Å². The number of carboxylic acids is 1. The average Bonchev–Trinajstić information content (AvgIpc) is 2.82. The smallest absolute Gasteiger partial charge is 0.354 e. The normalized spacial score (nSPS) is 10.5. The van der Waals surface area contributed by atoms with Crippen LogP contribution in [0.4, 0.5) is 0 Å². The van der Waals surface area contributed by atoms with Crippen LogP contribution in [0.3, 0.4) is 0 Å². The summed E-state index contributed by atoms with van der Waals surface area (Å²) in [5.74, 6) is -0.413. The molecule has 100 valence electrons. The van der Waals surface area contributed by atoms with Gasteiger partial charge in [-0.15, -0.1) is 0 Å². The van der Waals surface area contributed by atoms with Crippen molar-refractivity contribution in [1.82, 2.24) is 9.78 Å². The zero-order valence-corrected chi connectivity index (χ0v) is 11.3. The first-order valence-corrected chi connectivity index (χ1v) is 6.09. The summed E-state index contributed by atoms with van der Waals surface area (Å²) in [7, 11) is 1.54. The molecule has 0 radical (unpaired) electrons. The third-order valence-electron chi connectivity index (χ3n) is 2.74. The highest BCUT2D eigenvalue weighted by atomic mass is 35.5. The molecule has 6 heteroatoms. The summed E-state index contributed by atoms with van der Waals surface area (Å²) < 4.78 is 6.67. The van der Waals surface area contributed by atoms with Gasteiger partial charge in [0.1, 0.15) is 11.4 Å². The van der Waals surface area contributed by atoms with E-state index in [0.29, 0.717) is 28.6 Å². The molecule has 0 saturated heterocycles. The van der Waals surface area contributed by atoms with Gasteiger partial charge in [0, 0.05) is 17.1 Å². The Labute approximate surface area is 115 Å². The van der Waals surface area contributed by atoms with Gasteiger partial charge in [-0.1, -0.05) is 11.6 Å². The van der Waals surface area contributed by atoms with Crippen molar-refractivity contribution < 1.29 is 14.6 Å². The number of aromatic nitrogens is 2. The van der Waals surface area contributed by atoms with Crippen molar-refractivity contribution in [2.45, 2.75) is 13.5 Å². The molecule has 0 saturated carbocycles. The predicted molar refractivity (Wildman–Crippen MR) is 71.9 cm³/mol. The first kappa shape index (κ1) is 13.4. The van der Waals surface area contributed by atoms with E-state index in [1.165, 1.54) is 10.7 Å². The van der Waals surface area contributed by atoms with Gasteiger partial charge in [-0.3, -0.25) is 4.68 Å². The number of carboxylic acid groups (broad SMARTS) is 1. The van der Waals surface area contributed by atoms with Crippen molar-refractivity contribution in [3.8, 4) is 17.0 Å². The molecular weight excluding hydrogens is 268 g/mol. The van der Waals surface area contributed by atoms with E-state index in [0.717, 1.165) is 0 Å². The maximum atomic E-state index is 11.1. The number of halogens is 1. The highest BCUT2D eigenvalue weighted by molar-refractivity contribution is 6.31. The van der Waals surface area contributed by atoms with Crippen LogP contribution >= 0.6 is 11.6 Å². The number of carbonyl (C=O) groups is 1. The topological polar surface area (TPSA) is 64.4 Å². The molecule has 0 fully saturated rings. The molecule has 2 aromatic rings. The fourth-order valence-corrected chi connectivity index (χ4v) is 2.01. The van der Waals surface area contributed by atoms with Crippen LogP contribution < -0.4 is 4.74 Å². The van der Waals surface area contributed by atoms with Crippen molar-refractivity contribution in [3.63, 3.8) is 0 Å². The van der Waals surface area contributed by atoms with Gasteiger partial charge < -0.3 is 9.84 Å². The molecule has 19 heavy (non-hydrogen) atoms. The maximum absolute atomic E-state index is 11.1. The van der Waals surface area contributed by atoms with Gasteiger partial charge in [-0.2, -0.15) is 5.10 Å². The molecule has 0 atom stereocenters. The number of rotatable bonds is 4. The Hall–Kier alpha value is -2.01. The van der Waals surface area contributed by atoms with E-state index in [1.54, 1.807) is 25.3 Å². The highest BCUT2D eigenvalue weighted by Crippen LogP contribution is 2.32. The fraction of sp³-hybridized carbons (Fsp3) is 0.231. The van der Waals surface area contributed by atoms with E-state index in [9.17, 15) is 4.79 Å². The number of hydrogen-bond acceptors (Lipinski definition) is 3. The number of hydrogen-bond donors (Lipinski definition) is 1. The van der Waals surface area contributed by atoms with Gasteiger partial charge >= 0.3 is 5.97 Å². The largest absolute Gasteiger partial charge is 0.496 e. The molecule has 0 bridgehead atoms. The molecule has 1 N–H and O–H groups in total. The number of aromatic carboxylic acids is 1. The van der Waals surface area contributed by atoms with Crippen LogP contribution in [0.2, 0.25) is 5.02 Å². The molecule has 1 heterocycles. The van der Waals surface area contributed by atoms with E-state index in [1.807, 2.05) is 6.92 Å². The monoisotopic (exact) mass is 280 g/mol. The molecule has 0 aliphatic carbocycles. The second kappa shape index (κ2) is 5.32. The second-order valence-electron chi connectivity index (χ2n) is 3.88. The zero-order chi connectivity index (χ0) is 14.0. The van der Waals surface area contributed by atoms with Crippen LogP contribution in [0.25, 0.3) is 11.3 Å². The molecule has 1 aromatic carbocycles. The summed E-state index contributed by atoms with van der Waals surface area (Å²) in [4.78, 5) is 11.1. The lowest BCUT2D eigenvalue weighted by atomic mass is 10.1. The third-order valence-corrected chi connectivity index (χ3v) is 2.97. The molecule has 2 rings (SSSR count). The van der Waals surface area contributed by atoms with Gasteiger partial charge in [0.2, 0.25) is 0 Å². The number of methoxy groups -OCH3 is 1. The molecule has 0 aliphatic heterocycles. The first-order valence-electron chi connectivity index (χ1n) is 5.72. The Morgan fingerprint density at radius 3 is 2.74 bits per heavy atom. The van der Waals surface area contributed by atoms with Crippen LogP contribution in [0.1, 0.15) is 17.4 Å². The van der Waals surface area contributed by atoms with Gasteiger partial charge in [-0.05, 0) is 31.2 Å². The lowest BCUT2D eigenvalue weighted by Gasteiger charge is -2.06. The average molecular weight is 281 g/mol. The number of aryl methyl sites for hydroxylation is 1. The SMILES string of the molecule is CCn1nc(-c2cc(Cl)ccc2OC)cc1C(=O)O. The molecular formula is C13H13ClN2O3. The minimum Gasteiger partial charge on any atom is -0.496 e. The summed E-state index contributed by atoms with van der Waals surface area (Å²) in [6.07, 6.45) is 0. The molecule has 0 spiro atoms. The van der Waals surface area contributed by atoms with Crippen molar-refractivity contribution >= 4 is 17.6 Å². The van der Waals surface area contributed by atoms with Gasteiger partial charge in [0.25, 0.3) is 0 Å². The van der Waals surface area contributed by atoms with E-state index < -0.39 is 5.97 Å². The van der Waals surface area contributed by atoms with Crippen LogP contribution in [0.5, 0.6) is 5.75 Å². The van der Waals surface area contributed by atoms with Crippen molar-refractivity contribution in [2.75, 3.05) is 7.11 Å². The summed E-state index contributed by atoms with van der Waals surface area (Å²) in [6.45, 7) is 2.31. The number of ether oxygens (including phenoxy) is 1. The Kier molecular flexibility index (Phi) is 3.76. The first-order chi connectivity index (χ1) is 9.06. The van der Waals surface area contributed by atoms with E-state index in [-0.39, 0.29) is 5.69 Å². The third kappa shape index (κ3) is 2.56. The van der Waals surface area contributed by atoms with Crippen molar-refractivity contribution in [2.24, 2.45) is 0 Å². The Morgan fingerprint density at radius 1 is 1.47 bits per heavy atom. The zero-order valence-electron chi connectivity index (χ0n) is 10.6. The van der Waals surface area contributed by atoms with Crippen molar-refractivity contribution in [3.05, 3.63) is 35.0 Å². The van der Waals surface area contributed by atoms with Crippen LogP contribution in [-0.2, 0) is 6.54 Å². The van der Waals surface area contributed by atoms with E-state index >= 15 is 0 Å². The van der Waals surface area contributed by atoms with E-state index in [4.69, 9.17) is 21.4 Å². The maximum Gasteiger partial charge on any atom is 0.354 e. The molecule has 0 aliphatic rings. The second-order valence-corrected chi connectivity index (χ2v) is 4.32. The van der Waals surface area contributed by atoms with Crippen LogP contribution in [0.15, 0.2) is 24.3 Å². The lowest BCUT2D eigenvalue weighted by molar-refractivity contribution is 0.0683. The van der Waals surface area contributed by atoms with E-state index in [2.05, 4.69) is 5.10 Å². The fourth-order valence-electron chi connectivity index (χ4n) is 1.84. The minimum absolute atomic E-state index is 0.138. The summed E-state index contributed by atoms with van der Waals surface area (Å²) in [5.41, 5.74) is 1.34. The standard InChI is InChI=1S/C13H13ClN2O3/c1-3-16-11(13(17)18)7-10(15-16)9-6-8(14)4-5-12(9)19-2/h4-7H,3H2,1-2H3,(H,17,18). The molecule has 1 aromatic heterocycles. The highest BCUT2D eigenvalue weighted by Gasteiger charge is 2.17. The quantitative estimate of drug-likeness (QED) is 0.935. The van der Waals surface area contributed by atoms with Crippen molar-refractivity contribution in [1.29, 1.82) is 0 Å². The Bertz CT molecular complexity index is 622. The number of nitrogens with zero attached hydrogens (tertiary/aromatic N) is 2. The molecule has 0 unspecified atom stereocenters. The summed E-state index contributed by atoms with van der Waals surface area (Å²) >= 11 is 5.96. The summed E-state index contributed by atoms with van der Waals surface area (Å²) in [6, 6.07) is 6.65. The van der Waals surface area contributed by atoms with Gasteiger partial charge in [0.15, 0.2) is 0 Å². The minimum atomic E-state index is -1.01. The Morgan fingerprint density at radius 2 is 2.21 bits per heavy atom. The Balaban J connectivity index is 2.59. The predicted octanol–water partition coefficient (Wildman–Crippen LogP) is 2.93. The lowest BCUT2D eigenvalue weighted by Crippen LogP contribution is -2.08. The summed E-state index contributed by atoms with van der Waals surface area (Å²) in [5, 5.41) is 13.9. The molecule has 0 amide bonds. The van der Waals surface area contributed by atoms with Crippen LogP contribution in [0, 0.1) is 0 Å². The van der Waals surface area contributed by atoms with Crippen LogP contribution in [-0.4, -0.2) is 28.0 Å². The van der Waals surface area contributed by atoms with Gasteiger partial charge in [-0.25, -0.2) is 4.79 Å². The molecule has 5 nitrogen and oxygen atoms in total. The number of benzene rings is 1.